The summed E-state index contributed by atoms with van der Waals surface area (Å²) in [4.78, 5) is 36.4. The van der Waals surface area contributed by atoms with Gasteiger partial charge in [0.25, 0.3) is 0 Å². The number of thiazole rings is 1. The lowest BCUT2D eigenvalue weighted by atomic mass is 9.99. The second-order valence-electron chi connectivity index (χ2n) is 9.85. The third-order valence-corrected chi connectivity index (χ3v) is 8.09. The molecular formula is C29H25F2N5O4S. The van der Waals surface area contributed by atoms with Gasteiger partial charge in [-0.25, -0.2) is 18.7 Å². The summed E-state index contributed by atoms with van der Waals surface area (Å²) in [6.07, 6.45) is 1.42. The molecule has 210 valence electrons. The zero-order valence-electron chi connectivity index (χ0n) is 22.5. The molecule has 0 bridgehead atoms. The third kappa shape index (κ3) is 4.77. The van der Waals surface area contributed by atoms with Gasteiger partial charge >= 0.3 is 5.97 Å². The monoisotopic (exact) mass is 577 g/mol. The van der Waals surface area contributed by atoms with Gasteiger partial charge in [0.05, 0.1) is 42.0 Å². The molecule has 6 rings (SSSR count). The number of fused-ring (bicyclic) bond motifs is 1. The van der Waals surface area contributed by atoms with Crippen LogP contribution in [0.25, 0.3) is 27.3 Å². The van der Waals surface area contributed by atoms with Gasteiger partial charge in [-0.1, -0.05) is 11.2 Å². The quantitative estimate of drug-likeness (QED) is 0.228. The van der Waals surface area contributed by atoms with Gasteiger partial charge in [-0.3, -0.25) is 14.2 Å². The smallest absolute Gasteiger partial charge is 0.311 e. The molecule has 3 aromatic heterocycles. The van der Waals surface area contributed by atoms with Crippen LogP contribution in [0.5, 0.6) is 0 Å². The molecule has 1 aliphatic heterocycles. The highest BCUT2D eigenvalue weighted by molar-refractivity contribution is 7.12. The van der Waals surface area contributed by atoms with E-state index in [1.165, 1.54) is 29.4 Å². The zero-order valence-corrected chi connectivity index (χ0v) is 23.3. The summed E-state index contributed by atoms with van der Waals surface area (Å²) >= 11 is 1.33. The van der Waals surface area contributed by atoms with Crippen molar-refractivity contribution in [2.45, 2.75) is 45.6 Å². The van der Waals surface area contributed by atoms with Crippen molar-refractivity contribution < 1.29 is 27.6 Å². The number of carbonyl (C=O) groups is 2. The van der Waals surface area contributed by atoms with E-state index in [0.717, 1.165) is 34.5 Å². The molecule has 41 heavy (non-hydrogen) atoms. The average Bonchev–Trinajstić information content (AvgIpc) is 3.66. The maximum Gasteiger partial charge on any atom is 0.311 e. The van der Waals surface area contributed by atoms with E-state index in [9.17, 15) is 18.4 Å². The number of benzene rings is 2. The minimum Gasteiger partial charge on any atom is -0.469 e. The van der Waals surface area contributed by atoms with Crippen molar-refractivity contribution in [3.05, 3.63) is 76.4 Å². The number of esters is 1. The van der Waals surface area contributed by atoms with Gasteiger partial charge in [-0.2, -0.15) is 0 Å². The average molecular weight is 578 g/mol. The summed E-state index contributed by atoms with van der Waals surface area (Å²) in [6.45, 7) is 3.71. The molecule has 1 saturated heterocycles. The van der Waals surface area contributed by atoms with Crippen molar-refractivity contribution in [3.63, 3.8) is 0 Å². The number of piperidine rings is 1. The molecule has 4 heterocycles. The highest BCUT2D eigenvalue weighted by Gasteiger charge is 2.35. The van der Waals surface area contributed by atoms with E-state index in [1.807, 2.05) is 36.6 Å². The van der Waals surface area contributed by atoms with E-state index in [1.54, 1.807) is 5.38 Å². The van der Waals surface area contributed by atoms with Crippen LogP contribution in [0.3, 0.4) is 0 Å². The van der Waals surface area contributed by atoms with Crippen LogP contribution in [0.2, 0.25) is 0 Å². The molecule has 1 atom stereocenters. The van der Waals surface area contributed by atoms with Gasteiger partial charge in [0, 0.05) is 29.1 Å². The van der Waals surface area contributed by atoms with Crippen LogP contribution in [0, 0.1) is 25.5 Å². The molecule has 0 spiro atoms. The lowest BCUT2D eigenvalue weighted by molar-refractivity contribution is -0.139. The Balaban J connectivity index is 1.54. The Bertz CT molecular complexity index is 1790. The van der Waals surface area contributed by atoms with Crippen molar-refractivity contribution in [2.75, 3.05) is 12.0 Å². The highest BCUT2D eigenvalue weighted by Crippen LogP contribution is 2.40. The first-order chi connectivity index (χ1) is 19.7. The number of halogens is 2. The van der Waals surface area contributed by atoms with Crippen molar-refractivity contribution in [2.24, 2.45) is 0 Å². The van der Waals surface area contributed by atoms with Crippen LogP contribution in [0.4, 0.5) is 14.5 Å². The van der Waals surface area contributed by atoms with Gasteiger partial charge in [-0.05, 0) is 56.5 Å². The van der Waals surface area contributed by atoms with Gasteiger partial charge < -0.3 is 14.2 Å². The Labute approximate surface area is 237 Å². The lowest BCUT2D eigenvalue weighted by Gasteiger charge is -2.35. The number of aromatic nitrogens is 4. The standard InChI is InChI=1S/C29H25F2N5O4S/c1-15-27(16(2)40-34-15)17-7-10-23-22(11-17)33-28(36(23)29-32-18(14-41-29)12-26(38)39-3)24-5-4-6-25(37)35(24)19-8-9-20(30)21(31)13-19/h7-11,13-14,24H,4-6,12H2,1-3H3. The van der Waals surface area contributed by atoms with E-state index in [-0.39, 0.29) is 24.4 Å². The SMILES string of the molecule is COC(=O)Cc1csc(-n2c(C3CCCC(=O)N3c3ccc(F)c(F)c3)nc3cc(-c4c(C)noc4C)ccc32)n1. The van der Waals surface area contributed by atoms with Crippen LogP contribution in [0.1, 0.15) is 48.3 Å². The summed E-state index contributed by atoms with van der Waals surface area (Å²) in [5.41, 5.74) is 4.65. The molecule has 1 unspecified atom stereocenters. The molecule has 2 aromatic carbocycles. The van der Waals surface area contributed by atoms with Crippen molar-refractivity contribution >= 4 is 39.9 Å². The number of hydrogen-bond acceptors (Lipinski definition) is 8. The molecule has 1 aliphatic rings. The van der Waals surface area contributed by atoms with Crippen molar-refractivity contribution in [1.29, 1.82) is 0 Å². The van der Waals surface area contributed by atoms with Crippen LogP contribution >= 0.6 is 11.3 Å². The second-order valence-corrected chi connectivity index (χ2v) is 10.7. The van der Waals surface area contributed by atoms with Crippen molar-refractivity contribution in [3.8, 4) is 16.3 Å². The van der Waals surface area contributed by atoms with E-state index < -0.39 is 23.6 Å². The van der Waals surface area contributed by atoms with Gasteiger partial charge in [0.1, 0.15) is 11.6 Å². The Morgan fingerprint density at radius 1 is 1.15 bits per heavy atom. The molecule has 9 nitrogen and oxygen atoms in total. The fraction of sp³-hybridized carbons (Fsp3) is 0.276. The Morgan fingerprint density at radius 2 is 1.98 bits per heavy atom. The normalized spacial score (nSPS) is 15.6. The molecule has 0 aliphatic carbocycles. The van der Waals surface area contributed by atoms with E-state index >= 15 is 0 Å². The maximum absolute atomic E-state index is 14.3. The van der Waals surface area contributed by atoms with E-state index in [0.29, 0.717) is 40.8 Å². The number of carbonyl (C=O) groups excluding carboxylic acids is 2. The number of imidazole rings is 1. The van der Waals surface area contributed by atoms with Crippen molar-refractivity contribution in [1.82, 2.24) is 19.7 Å². The summed E-state index contributed by atoms with van der Waals surface area (Å²) in [7, 11) is 1.32. The Morgan fingerprint density at radius 3 is 2.71 bits per heavy atom. The summed E-state index contributed by atoms with van der Waals surface area (Å²) in [5.74, 6) is -1.46. The number of amides is 1. The predicted molar refractivity (Wildman–Crippen MR) is 148 cm³/mol. The van der Waals surface area contributed by atoms with Gasteiger partial charge in [0.2, 0.25) is 5.91 Å². The predicted octanol–water partition coefficient (Wildman–Crippen LogP) is 6.01. The number of aryl methyl sites for hydroxylation is 2. The zero-order chi connectivity index (χ0) is 28.8. The topological polar surface area (TPSA) is 103 Å². The fourth-order valence-electron chi connectivity index (χ4n) is 5.35. The number of nitrogens with zero attached hydrogens (tertiary/aromatic N) is 5. The fourth-order valence-corrected chi connectivity index (χ4v) is 6.19. The maximum atomic E-state index is 14.3. The highest BCUT2D eigenvalue weighted by atomic mass is 32.1. The van der Waals surface area contributed by atoms with E-state index in [2.05, 4.69) is 5.16 Å². The molecule has 0 radical (unpaired) electrons. The lowest BCUT2D eigenvalue weighted by Crippen LogP contribution is -2.39. The number of rotatable bonds is 6. The van der Waals surface area contributed by atoms with Gasteiger partial charge in [0.15, 0.2) is 16.8 Å². The summed E-state index contributed by atoms with van der Waals surface area (Å²) in [6, 6.07) is 8.66. The second kappa shape index (κ2) is 10.5. The minimum absolute atomic E-state index is 0.00799. The molecule has 1 fully saturated rings. The minimum atomic E-state index is -1.04. The van der Waals surface area contributed by atoms with Crippen LogP contribution < -0.4 is 4.90 Å². The van der Waals surface area contributed by atoms with Crippen LogP contribution in [0.15, 0.2) is 46.3 Å². The molecule has 0 N–H and O–H groups in total. The first-order valence-electron chi connectivity index (χ1n) is 13.0. The molecule has 1 amide bonds. The molecule has 12 heteroatoms. The Hall–Kier alpha value is -4.45. The largest absolute Gasteiger partial charge is 0.469 e. The molecule has 0 saturated carbocycles. The molecular weight excluding hydrogens is 552 g/mol. The first-order valence-corrected chi connectivity index (χ1v) is 13.9. The first kappa shape index (κ1) is 26.8. The van der Waals surface area contributed by atoms with Crippen LogP contribution in [-0.2, 0) is 20.7 Å². The van der Waals surface area contributed by atoms with E-state index in [4.69, 9.17) is 19.2 Å². The van der Waals surface area contributed by atoms with Crippen LogP contribution in [-0.4, -0.2) is 38.7 Å². The number of anilines is 1. The number of methoxy groups -OCH3 is 1. The van der Waals surface area contributed by atoms with Gasteiger partial charge in [-0.15, -0.1) is 11.3 Å². The summed E-state index contributed by atoms with van der Waals surface area (Å²) < 4.78 is 40.1. The Kier molecular flexibility index (Phi) is 6.86. The summed E-state index contributed by atoms with van der Waals surface area (Å²) in [5, 5.41) is 6.39. The third-order valence-electron chi connectivity index (χ3n) is 7.21. The number of ether oxygens (including phenoxy) is 1. The molecule has 5 aromatic rings. The number of hydrogen-bond donors (Lipinski definition) is 0.